The maximum absolute atomic E-state index is 12.2. The molecule has 1 N–H and O–H groups in total. The number of carbonyl (C=O) groups is 1. The highest BCUT2D eigenvalue weighted by molar-refractivity contribution is 5.94. The van der Waals surface area contributed by atoms with Crippen LogP contribution >= 0.6 is 0 Å². The zero-order valence-corrected chi connectivity index (χ0v) is 12.0. The van der Waals surface area contributed by atoms with E-state index in [0.717, 1.165) is 5.69 Å². The number of β-amino-alcohol motifs (C(OH)–C–C–N with tert-alkyl or cyclic N) is 1. The van der Waals surface area contributed by atoms with Crippen LogP contribution < -0.4 is 4.90 Å². The van der Waals surface area contributed by atoms with Gasteiger partial charge < -0.3 is 14.7 Å². The molecule has 1 heterocycles. The maximum atomic E-state index is 12.2. The minimum atomic E-state index is -0.509. The van der Waals surface area contributed by atoms with Gasteiger partial charge in [-0.05, 0) is 19.1 Å². The summed E-state index contributed by atoms with van der Waals surface area (Å²) in [4.78, 5) is 15.8. The third-order valence-electron chi connectivity index (χ3n) is 3.57. The Morgan fingerprint density at radius 1 is 1.40 bits per heavy atom. The Labute approximate surface area is 119 Å². The first-order valence-electron chi connectivity index (χ1n) is 6.95. The third-order valence-corrected chi connectivity index (χ3v) is 3.57. The Balaban J connectivity index is 1.89. The van der Waals surface area contributed by atoms with E-state index in [0.29, 0.717) is 26.2 Å². The van der Waals surface area contributed by atoms with Crippen molar-refractivity contribution in [2.75, 3.05) is 38.2 Å². The topological polar surface area (TPSA) is 53.0 Å². The standard InChI is InChI=1S/C15H22N2O3/c1-3-20-14-10-17(9-13(14)18)11-15(19)16(2)12-7-5-4-6-8-12/h4-8,13-14,18H,3,9-11H2,1-2H3/t13-,14-/m0/s1. The highest BCUT2D eigenvalue weighted by atomic mass is 16.5. The number of anilines is 1. The molecule has 1 aromatic carbocycles. The fourth-order valence-electron chi connectivity index (χ4n) is 2.43. The number of rotatable bonds is 5. The van der Waals surface area contributed by atoms with Crippen molar-refractivity contribution in [1.82, 2.24) is 4.90 Å². The lowest BCUT2D eigenvalue weighted by Gasteiger charge is -2.21. The Morgan fingerprint density at radius 3 is 2.75 bits per heavy atom. The number of hydrogen-bond donors (Lipinski definition) is 1. The fourth-order valence-corrected chi connectivity index (χ4v) is 2.43. The van der Waals surface area contributed by atoms with Gasteiger partial charge in [-0.25, -0.2) is 0 Å². The molecule has 0 saturated carbocycles. The Bertz CT molecular complexity index is 438. The van der Waals surface area contributed by atoms with Gasteiger partial charge in [0, 0.05) is 32.4 Å². The molecule has 5 heteroatoms. The van der Waals surface area contributed by atoms with Gasteiger partial charge in [-0.1, -0.05) is 18.2 Å². The molecule has 110 valence electrons. The molecule has 0 radical (unpaired) electrons. The molecule has 2 atom stereocenters. The summed E-state index contributed by atoms with van der Waals surface area (Å²) >= 11 is 0. The van der Waals surface area contributed by atoms with Gasteiger partial charge in [0.15, 0.2) is 0 Å². The lowest BCUT2D eigenvalue weighted by atomic mass is 10.3. The van der Waals surface area contributed by atoms with E-state index >= 15 is 0 Å². The molecule has 20 heavy (non-hydrogen) atoms. The average molecular weight is 278 g/mol. The van der Waals surface area contributed by atoms with E-state index in [-0.39, 0.29) is 12.0 Å². The van der Waals surface area contributed by atoms with Crippen LogP contribution in [0.1, 0.15) is 6.92 Å². The van der Waals surface area contributed by atoms with Gasteiger partial charge >= 0.3 is 0 Å². The number of aliphatic hydroxyl groups is 1. The summed E-state index contributed by atoms with van der Waals surface area (Å²) in [5.41, 5.74) is 0.874. The molecule has 0 bridgehead atoms. The highest BCUT2D eigenvalue weighted by Crippen LogP contribution is 2.15. The van der Waals surface area contributed by atoms with Crippen molar-refractivity contribution in [2.45, 2.75) is 19.1 Å². The summed E-state index contributed by atoms with van der Waals surface area (Å²) < 4.78 is 5.46. The van der Waals surface area contributed by atoms with Gasteiger partial charge in [0.25, 0.3) is 0 Å². The first-order chi connectivity index (χ1) is 9.61. The largest absolute Gasteiger partial charge is 0.389 e. The van der Waals surface area contributed by atoms with E-state index in [1.165, 1.54) is 0 Å². The van der Waals surface area contributed by atoms with Crippen molar-refractivity contribution in [1.29, 1.82) is 0 Å². The predicted molar refractivity (Wildman–Crippen MR) is 77.7 cm³/mol. The molecular formula is C15H22N2O3. The SMILES string of the molecule is CCO[C@H]1CN(CC(=O)N(C)c2ccccc2)C[C@@H]1O. The van der Waals surface area contributed by atoms with Crippen molar-refractivity contribution < 1.29 is 14.6 Å². The van der Waals surface area contributed by atoms with E-state index in [9.17, 15) is 9.90 Å². The van der Waals surface area contributed by atoms with Crippen molar-refractivity contribution in [3.63, 3.8) is 0 Å². The van der Waals surface area contributed by atoms with Crippen LogP contribution in [0, 0.1) is 0 Å². The molecule has 2 rings (SSSR count). The number of carbonyl (C=O) groups excluding carboxylic acids is 1. The summed E-state index contributed by atoms with van der Waals surface area (Å²) in [6.45, 7) is 3.87. The second-order valence-corrected chi connectivity index (χ2v) is 5.04. The zero-order valence-electron chi connectivity index (χ0n) is 12.0. The number of nitrogens with zero attached hydrogens (tertiary/aromatic N) is 2. The number of para-hydroxylation sites is 1. The molecule has 5 nitrogen and oxygen atoms in total. The van der Waals surface area contributed by atoms with E-state index in [2.05, 4.69) is 0 Å². The van der Waals surface area contributed by atoms with Crippen LogP contribution in [0.25, 0.3) is 0 Å². The predicted octanol–water partition coefficient (Wildman–Crippen LogP) is 0.731. The Morgan fingerprint density at radius 2 is 2.10 bits per heavy atom. The number of likely N-dealkylation sites (tertiary alicyclic amines) is 1. The van der Waals surface area contributed by atoms with Gasteiger partial charge in [0.05, 0.1) is 18.8 Å². The molecule has 1 aromatic rings. The van der Waals surface area contributed by atoms with Crippen LogP contribution in [0.3, 0.4) is 0 Å². The maximum Gasteiger partial charge on any atom is 0.240 e. The minimum absolute atomic E-state index is 0.0144. The molecule has 1 aliphatic rings. The molecule has 0 aliphatic carbocycles. The normalized spacial score (nSPS) is 22.9. The molecule has 1 amide bonds. The summed E-state index contributed by atoms with van der Waals surface area (Å²) in [7, 11) is 1.77. The van der Waals surface area contributed by atoms with Gasteiger partial charge in [-0.3, -0.25) is 9.69 Å². The molecule has 1 saturated heterocycles. The van der Waals surface area contributed by atoms with Crippen molar-refractivity contribution >= 4 is 11.6 Å². The van der Waals surface area contributed by atoms with Crippen LogP contribution in [0.15, 0.2) is 30.3 Å². The van der Waals surface area contributed by atoms with Crippen LogP contribution in [-0.2, 0) is 9.53 Å². The molecule has 0 unspecified atom stereocenters. The first-order valence-corrected chi connectivity index (χ1v) is 6.95. The zero-order chi connectivity index (χ0) is 14.5. The number of amides is 1. The third kappa shape index (κ3) is 3.56. The quantitative estimate of drug-likeness (QED) is 0.863. The Hall–Kier alpha value is -1.43. The number of hydrogen-bond acceptors (Lipinski definition) is 4. The summed E-state index contributed by atoms with van der Waals surface area (Å²) in [6, 6.07) is 9.54. The van der Waals surface area contributed by atoms with Crippen LogP contribution in [0.5, 0.6) is 0 Å². The van der Waals surface area contributed by atoms with Gasteiger partial charge in [-0.2, -0.15) is 0 Å². The van der Waals surface area contributed by atoms with E-state index in [4.69, 9.17) is 4.74 Å². The van der Waals surface area contributed by atoms with Crippen molar-refractivity contribution in [2.24, 2.45) is 0 Å². The van der Waals surface area contributed by atoms with Gasteiger partial charge in [0.1, 0.15) is 0 Å². The second kappa shape index (κ2) is 6.83. The molecule has 0 aromatic heterocycles. The van der Waals surface area contributed by atoms with Crippen molar-refractivity contribution in [3.8, 4) is 0 Å². The lowest BCUT2D eigenvalue weighted by molar-refractivity contribution is -0.119. The molecule has 1 aliphatic heterocycles. The van der Waals surface area contributed by atoms with E-state index in [1.54, 1.807) is 11.9 Å². The summed E-state index contributed by atoms with van der Waals surface area (Å²) in [5, 5.41) is 9.87. The second-order valence-electron chi connectivity index (χ2n) is 5.04. The fraction of sp³-hybridized carbons (Fsp3) is 0.533. The highest BCUT2D eigenvalue weighted by Gasteiger charge is 2.33. The van der Waals surface area contributed by atoms with Gasteiger partial charge in [-0.15, -0.1) is 0 Å². The number of likely N-dealkylation sites (N-methyl/N-ethyl adjacent to an activating group) is 1. The molecular weight excluding hydrogens is 256 g/mol. The molecule has 1 fully saturated rings. The van der Waals surface area contributed by atoms with Crippen LogP contribution in [0.4, 0.5) is 5.69 Å². The first kappa shape index (κ1) is 15.0. The minimum Gasteiger partial charge on any atom is -0.389 e. The summed E-state index contributed by atoms with van der Waals surface area (Å²) in [6.07, 6.45) is -0.695. The van der Waals surface area contributed by atoms with E-state index < -0.39 is 6.10 Å². The monoisotopic (exact) mass is 278 g/mol. The van der Waals surface area contributed by atoms with Crippen LogP contribution in [-0.4, -0.2) is 61.4 Å². The lowest BCUT2D eigenvalue weighted by Crippen LogP contribution is -2.38. The number of ether oxygens (including phenoxy) is 1. The number of benzene rings is 1. The summed E-state index contributed by atoms with van der Waals surface area (Å²) in [5.74, 6) is 0.0144. The van der Waals surface area contributed by atoms with Gasteiger partial charge in [0.2, 0.25) is 5.91 Å². The number of aliphatic hydroxyl groups excluding tert-OH is 1. The van der Waals surface area contributed by atoms with E-state index in [1.807, 2.05) is 42.2 Å². The van der Waals surface area contributed by atoms with Crippen molar-refractivity contribution in [3.05, 3.63) is 30.3 Å². The van der Waals surface area contributed by atoms with Crippen LogP contribution in [0.2, 0.25) is 0 Å². The Kier molecular flexibility index (Phi) is 5.11. The molecule has 0 spiro atoms. The average Bonchev–Trinajstić information content (AvgIpc) is 2.79. The smallest absolute Gasteiger partial charge is 0.240 e.